The summed E-state index contributed by atoms with van der Waals surface area (Å²) < 4.78 is 10.3. The lowest BCUT2D eigenvalue weighted by Crippen LogP contribution is -1.92. The minimum atomic E-state index is -0.740. The van der Waals surface area contributed by atoms with Crippen molar-refractivity contribution in [3.63, 3.8) is 0 Å². The summed E-state index contributed by atoms with van der Waals surface area (Å²) in [6.45, 7) is 0. The molecule has 0 aliphatic heterocycles. The third kappa shape index (κ3) is 2.58. The highest BCUT2D eigenvalue weighted by Gasteiger charge is 2.17. The molecular weight excluding hydrogens is 274 g/mol. The first-order valence-electron chi connectivity index (χ1n) is 5.15. The van der Waals surface area contributed by atoms with Crippen molar-refractivity contribution < 1.29 is 18.9 Å². The number of rotatable bonds is 4. The highest BCUT2D eigenvalue weighted by Crippen LogP contribution is 2.34. The summed E-state index contributed by atoms with van der Waals surface area (Å²) >= 11 is 5.29. The van der Waals surface area contributed by atoms with Crippen LogP contribution in [0.4, 0.5) is 5.69 Å². The molecule has 0 saturated heterocycles. The summed E-state index contributed by atoms with van der Waals surface area (Å²) in [5.41, 5.74) is 0.270. The van der Waals surface area contributed by atoms with Gasteiger partial charge in [-0.3, -0.25) is 14.9 Å². The second-order valence-electron chi connectivity index (χ2n) is 3.58. The number of ether oxygens (including phenoxy) is 1. The molecule has 19 heavy (non-hydrogen) atoms. The largest absolute Gasteiger partial charge is 0.496 e. The summed E-state index contributed by atoms with van der Waals surface area (Å²) in [5, 5.41) is 10.0. The molecule has 0 N–H and O–H groups in total. The Balaban J connectivity index is 2.54. The van der Waals surface area contributed by atoms with E-state index in [2.05, 4.69) is 0 Å². The third-order valence-corrected chi connectivity index (χ3v) is 2.65. The minimum Gasteiger partial charge on any atom is -0.496 e. The maximum Gasteiger partial charge on any atom is 0.287 e. The normalized spacial score (nSPS) is 10.2. The van der Waals surface area contributed by atoms with Crippen molar-refractivity contribution in [1.82, 2.24) is 0 Å². The van der Waals surface area contributed by atoms with Gasteiger partial charge in [0.2, 0.25) is 0 Å². The predicted molar refractivity (Wildman–Crippen MR) is 67.5 cm³/mol. The first-order valence-corrected chi connectivity index (χ1v) is 5.53. The number of benzene rings is 1. The van der Waals surface area contributed by atoms with E-state index < -0.39 is 10.2 Å². The van der Waals surface area contributed by atoms with E-state index in [-0.39, 0.29) is 17.2 Å². The minimum absolute atomic E-state index is 0.0368. The summed E-state index contributed by atoms with van der Waals surface area (Å²) in [6.07, 6.45) is 0. The number of non-ortho nitro benzene ring substituents is 1. The van der Waals surface area contributed by atoms with E-state index in [0.717, 1.165) is 0 Å². The van der Waals surface area contributed by atoms with Crippen molar-refractivity contribution in [2.75, 3.05) is 7.11 Å². The number of nitrogens with zero attached hydrogens (tertiary/aromatic N) is 1. The van der Waals surface area contributed by atoms with E-state index in [1.54, 1.807) is 0 Å². The Labute approximate surface area is 112 Å². The fourth-order valence-electron chi connectivity index (χ4n) is 1.59. The third-order valence-electron chi connectivity index (χ3n) is 2.46. The van der Waals surface area contributed by atoms with Gasteiger partial charge >= 0.3 is 0 Å². The monoisotopic (exact) mass is 281 g/mol. The highest BCUT2D eigenvalue weighted by atomic mass is 35.5. The Hall–Kier alpha value is -2.34. The van der Waals surface area contributed by atoms with Gasteiger partial charge in [-0.2, -0.15) is 0 Å². The van der Waals surface area contributed by atoms with Gasteiger partial charge in [-0.05, 0) is 29.8 Å². The molecule has 0 amide bonds. The Morgan fingerprint density at radius 2 is 2.11 bits per heavy atom. The molecule has 0 bridgehead atoms. The molecule has 7 heteroatoms. The van der Waals surface area contributed by atoms with Gasteiger partial charge in [0, 0.05) is 12.1 Å². The Kier molecular flexibility index (Phi) is 3.52. The smallest absolute Gasteiger partial charge is 0.287 e. The van der Waals surface area contributed by atoms with Crippen molar-refractivity contribution in [3.8, 4) is 17.1 Å². The molecule has 98 valence electrons. The van der Waals surface area contributed by atoms with Gasteiger partial charge in [0.15, 0.2) is 5.76 Å². The van der Waals surface area contributed by atoms with Crippen LogP contribution in [0.2, 0.25) is 0 Å². The van der Waals surface area contributed by atoms with E-state index in [0.29, 0.717) is 11.3 Å². The fraction of sp³-hybridized carbons (Fsp3) is 0.0833. The lowest BCUT2D eigenvalue weighted by molar-refractivity contribution is -0.384. The highest BCUT2D eigenvalue weighted by molar-refractivity contribution is 6.67. The molecule has 0 saturated carbocycles. The first-order chi connectivity index (χ1) is 9.02. The molecular formula is C12H8ClNO5. The van der Waals surface area contributed by atoms with Crippen molar-refractivity contribution >= 4 is 22.5 Å². The van der Waals surface area contributed by atoms with Gasteiger partial charge in [0.25, 0.3) is 10.9 Å². The molecule has 1 heterocycles. The molecule has 0 aliphatic carbocycles. The van der Waals surface area contributed by atoms with E-state index >= 15 is 0 Å². The zero-order valence-corrected chi connectivity index (χ0v) is 10.5. The van der Waals surface area contributed by atoms with Crippen molar-refractivity contribution in [1.29, 1.82) is 0 Å². The second-order valence-corrected chi connectivity index (χ2v) is 3.92. The molecule has 2 rings (SSSR count). The molecule has 0 aliphatic rings. The molecule has 1 aromatic heterocycles. The predicted octanol–water partition coefficient (Wildman–Crippen LogP) is 3.24. The molecule has 0 atom stereocenters. The zero-order valence-electron chi connectivity index (χ0n) is 9.75. The SMILES string of the molecule is COc1ccc([N+](=O)[O-])cc1-c1ccc(C(=O)Cl)o1. The van der Waals surface area contributed by atoms with Crippen LogP contribution < -0.4 is 4.74 Å². The number of carbonyl (C=O) groups is 1. The van der Waals surface area contributed by atoms with Gasteiger partial charge < -0.3 is 9.15 Å². The van der Waals surface area contributed by atoms with Gasteiger partial charge in [-0.25, -0.2) is 0 Å². The van der Waals surface area contributed by atoms with E-state index in [1.165, 1.54) is 37.4 Å². The Morgan fingerprint density at radius 3 is 2.63 bits per heavy atom. The van der Waals surface area contributed by atoms with Crippen LogP contribution in [-0.2, 0) is 0 Å². The maximum absolute atomic E-state index is 11.0. The van der Waals surface area contributed by atoms with Crippen LogP contribution in [0.15, 0.2) is 34.7 Å². The van der Waals surface area contributed by atoms with E-state index in [9.17, 15) is 14.9 Å². The van der Waals surface area contributed by atoms with Crippen LogP contribution in [0.1, 0.15) is 10.6 Å². The van der Waals surface area contributed by atoms with Crippen molar-refractivity contribution in [2.45, 2.75) is 0 Å². The van der Waals surface area contributed by atoms with Crippen LogP contribution in [0, 0.1) is 10.1 Å². The van der Waals surface area contributed by atoms with Crippen LogP contribution in [0.3, 0.4) is 0 Å². The maximum atomic E-state index is 11.0. The second kappa shape index (κ2) is 5.11. The molecule has 0 spiro atoms. The number of furan rings is 1. The molecule has 0 fully saturated rings. The van der Waals surface area contributed by atoms with Gasteiger partial charge in [-0.15, -0.1) is 0 Å². The van der Waals surface area contributed by atoms with Crippen molar-refractivity contribution in [3.05, 3.63) is 46.2 Å². The number of nitro benzene ring substituents is 1. The van der Waals surface area contributed by atoms with Gasteiger partial charge in [-0.1, -0.05) is 0 Å². The van der Waals surface area contributed by atoms with Gasteiger partial charge in [0.1, 0.15) is 11.5 Å². The first kappa shape index (κ1) is 13.1. The summed E-state index contributed by atoms with van der Waals surface area (Å²) in [7, 11) is 1.43. The van der Waals surface area contributed by atoms with Crippen LogP contribution in [0.5, 0.6) is 5.75 Å². The lowest BCUT2D eigenvalue weighted by atomic mass is 10.1. The zero-order chi connectivity index (χ0) is 14.0. The molecule has 2 aromatic rings. The number of methoxy groups -OCH3 is 1. The van der Waals surface area contributed by atoms with E-state index in [4.69, 9.17) is 20.8 Å². The van der Waals surface area contributed by atoms with Crippen LogP contribution >= 0.6 is 11.6 Å². The molecule has 0 radical (unpaired) electrons. The number of hydrogen-bond acceptors (Lipinski definition) is 5. The quantitative estimate of drug-likeness (QED) is 0.488. The average Bonchev–Trinajstić information content (AvgIpc) is 2.87. The molecule has 0 unspecified atom stereocenters. The van der Waals surface area contributed by atoms with Crippen molar-refractivity contribution in [2.24, 2.45) is 0 Å². The lowest BCUT2D eigenvalue weighted by Gasteiger charge is -2.05. The summed E-state index contributed by atoms with van der Waals surface area (Å²) in [4.78, 5) is 21.2. The van der Waals surface area contributed by atoms with Gasteiger partial charge in [0.05, 0.1) is 17.6 Å². The summed E-state index contributed by atoms with van der Waals surface area (Å²) in [6, 6.07) is 6.97. The summed E-state index contributed by atoms with van der Waals surface area (Å²) in [5.74, 6) is 0.628. The number of nitro groups is 1. The Morgan fingerprint density at radius 1 is 1.37 bits per heavy atom. The molecule has 1 aromatic carbocycles. The van der Waals surface area contributed by atoms with Crippen LogP contribution in [-0.4, -0.2) is 17.3 Å². The topological polar surface area (TPSA) is 82.6 Å². The average molecular weight is 282 g/mol. The number of halogens is 1. The fourth-order valence-corrected chi connectivity index (χ4v) is 1.69. The Bertz CT molecular complexity index is 649. The number of carbonyl (C=O) groups excluding carboxylic acids is 1. The standard InChI is InChI=1S/C12H8ClNO5/c1-18-9-3-2-7(14(16)17)6-8(9)10-4-5-11(19-10)12(13)15/h2-6H,1H3. The molecule has 6 nitrogen and oxygen atoms in total. The van der Waals surface area contributed by atoms with Crippen LogP contribution in [0.25, 0.3) is 11.3 Å². The number of hydrogen-bond donors (Lipinski definition) is 0. The van der Waals surface area contributed by atoms with E-state index in [1.807, 2.05) is 0 Å².